The number of nitro groups is 1. The van der Waals surface area contributed by atoms with Crippen LogP contribution in [0.3, 0.4) is 0 Å². The molecule has 0 aromatic heterocycles. The molecule has 2 atom stereocenters. The van der Waals surface area contributed by atoms with Crippen LogP contribution in [0.4, 0.5) is 5.69 Å². The van der Waals surface area contributed by atoms with Crippen LogP contribution >= 0.6 is 0 Å². The molecule has 0 aliphatic carbocycles. The Morgan fingerprint density at radius 3 is 1.84 bits per heavy atom. The second-order valence-corrected chi connectivity index (χ2v) is 8.34. The van der Waals surface area contributed by atoms with Crippen molar-refractivity contribution in [3.8, 4) is 0 Å². The van der Waals surface area contributed by atoms with Crippen LogP contribution in [0.1, 0.15) is 16.7 Å². The van der Waals surface area contributed by atoms with Gasteiger partial charge >= 0.3 is 5.97 Å². The Kier molecular flexibility index (Phi) is 9.86. The number of esters is 1. The van der Waals surface area contributed by atoms with E-state index in [1.54, 1.807) is 0 Å². The van der Waals surface area contributed by atoms with Crippen molar-refractivity contribution in [3.63, 3.8) is 0 Å². The molecule has 10 nitrogen and oxygen atoms in total. The molecular formula is C27H29N4O6+. The molecular weight excluding hydrogens is 476 g/mol. The van der Waals surface area contributed by atoms with Gasteiger partial charge in [0.25, 0.3) is 11.6 Å². The number of amides is 2. The second kappa shape index (κ2) is 13.5. The first-order chi connectivity index (χ1) is 17.9. The molecule has 192 valence electrons. The zero-order chi connectivity index (χ0) is 26.6. The van der Waals surface area contributed by atoms with Crippen LogP contribution in [0.5, 0.6) is 0 Å². The van der Waals surface area contributed by atoms with Crippen molar-refractivity contribution in [2.75, 3.05) is 6.54 Å². The highest BCUT2D eigenvalue weighted by Gasteiger charge is 2.28. The van der Waals surface area contributed by atoms with E-state index < -0.39 is 34.8 Å². The third kappa shape index (κ3) is 8.55. The van der Waals surface area contributed by atoms with Crippen molar-refractivity contribution in [2.24, 2.45) is 0 Å². The molecule has 2 amide bonds. The summed E-state index contributed by atoms with van der Waals surface area (Å²) >= 11 is 0. The van der Waals surface area contributed by atoms with Crippen LogP contribution in [0.2, 0.25) is 0 Å². The van der Waals surface area contributed by atoms with E-state index in [0.29, 0.717) is 5.56 Å². The van der Waals surface area contributed by atoms with Gasteiger partial charge < -0.3 is 21.1 Å². The van der Waals surface area contributed by atoms with Crippen molar-refractivity contribution in [3.05, 3.63) is 112 Å². The van der Waals surface area contributed by atoms with E-state index >= 15 is 0 Å². The first-order valence-electron chi connectivity index (χ1n) is 11.7. The van der Waals surface area contributed by atoms with E-state index in [9.17, 15) is 24.5 Å². The van der Waals surface area contributed by atoms with Crippen LogP contribution in [-0.4, -0.2) is 41.3 Å². The van der Waals surface area contributed by atoms with Crippen LogP contribution in [0, 0.1) is 10.1 Å². The molecule has 10 heteroatoms. The molecule has 0 heterocycles. The number of nitrogens with one attached hydrogen (secondary N) is 2. The van der Waals surface area contributed by atoms with Crippen LogP contribution in [0.15, 0.2) is 84.9 Å². The number of rotatable bonds is 12. The van der Waals surface area contributed by atoms with Crippen molar-refractivity contribution in [1.29, 1.82) is 0 Å². The summed E-state index contributed by atoms with van der Waals surface area (Å²) in [4.78, 5) is 48.7. The molecule has 0 spiro atoms. The fraction of sp³-hybridized carbons (Fsp3) is 0.222. The average molecular weight is 506 g/mol. The largest absolute Gasteiger partial charge is 0.459 e. The molecule has 0 saturated heterocycles. The second-order valence-electron chi connectivity index (χ2n) is 8.34. The maximum Gasteiger partial charge on any atom is 0.329 e. The fourth-order valence-electron chi connectivity index (χ4n) is 3.61. The van der Waals surface area contributed by atoms with Gasteiger partial charge in [-0.1, -0.05) is 60.7 Å². The first-order valence-corrected chi connectivity index (χ1v) is 11.7. The van der Waals surface area contributed by atoms with Gasteiger partial charge in [0.05, 0.1) is 4.92 Å². The fourth-order valence-corrected chi connectivity index (χ4v) is 3.61. The Balaban J connectivity index is 1.74. The Bertz CT molecular complexity index is 1200. The molecule has 3 rings (SSSR count). The SMILES string of the molecule is [NH3+]CC(=O)N[C@H](Cc1ccccc1)C(=O)N[C@H](Cc1ccccc1)C(=O)OCc1ccc([N+](=O)[O-])cc1. The molecule has 3 aromatic carbocycles. The smallest absolute Gasteiger partial charge is 0.329 e. The molecule has 0 fully saturated rings. The van der Waals surface area contributed by atoms with Crippen molar-refractivity contribution in [1.82, 2.24) is 10.6 Å². The van der Waals surface area contributed by atoms with Crippen molar-refractivity contribution < 1.29 is 29.8 Å². The number of carbonyl (C=O) groups excluding carboxylic acids is 3. The van der Waals surface area contributed by atoms with Gasteiger partial charge in [-0.2, -0.15) is 0 Å². The normalized spacial score (nSPS) is 12.1. The molecule has 5 N–H and O–H groups in total. The van der Waals surface area contributed by atoms with E-state index in [-0.39, 0.29) is 31.7 Å². The van der Waals surface area contributed by atoms with Gasteiger partial charge in [-0.3, -0.25) is 19.7 Å². The summed E-state index contributed by atoms with van der Waals surface area (Å²) in [5, 5.41) is 16.3. The summed E-state index contributed by atoms with van der Waals surface area (Å²) in [5.74, 6) is -1.59. The average Bonchev–Trinajstić information content (AvgIpc) is 2.92. The molecule has 0 bridgehead atoms. The summed E-state index contributed by atoms with van der Waals surface area (Å²) < 4.78 is 5.44. The maximum absolute atomic E-state index is 13.3. The number of benzene rings is 3. The summed E-state index contributed by atoms with van der Waals surface area (Å²) in [5.41, 5.74) is 5.70. The number of non-ortho nitro benzene ring substituents is 1. The minimum absolute atomic E-state index is 0.0384. The topological polar surface area (TPSA) is 155 Å². The summed E-state index contributed by atoms with van der Waals surface area (Å²) in [6, 6.07) is 22.1. The molecule has 0 aliphatic heterocycles. The number of nitro benzene ring substituents is 1. The Morgan fingerprint density at radius 1 is 0.784 bits per heavy atom. The molecule has 37 heavy (non-hydrogen) atoms. The highest BCUT2D eigenvalue weighted by Crippen LogP contribution is 2.14. The van der Waals surface area contributed by atoms with Gasteiger partial charge in [0, 0.05) is 25.0 Å². The minimum atomic E-state index is -1.03. The highest BCUT2D eigenvalue weighted by atomic mass is 16.6. The zero-order valence-corrected chi connectivity index (χ0v) is 20.2. The Morgan fingerprint density at radius 2 is 1.32 bits per heavy atom. The Labute approximate surface area is 214 Å². The highest BCUT2D eigenvalue weighted by molar-refractivity contribution is 5.91. The molecule has 0 saturated carbocycles. The quantitative estimate of drug-likeness (QED) is 0.192. The van der Waals surface area contributed by atoms with Gasteiger partial charge in [-0.25, -0.2) is 4.79 Å². The zero-order valence-electron chi connectivity index (χ0n) is 20.2. The predicted molar refractivity (Wildman–Crippen MR) is 135 cm³/mol. The van der Waals surface area contributed by atoms with Gasteiger partial charge in [-0.05, 0) is 28.8 Å². The first kappa shape index (κ1) is 27.0. The lowest BCUT2D eigenvalue weighted by atomic mass is 10.0. The van der Waals surface area contributed by atoms with Crippen molar-refractivity contribution >= 4 is 23.5 Å². The van der Waals surface area contributed by atoms with Crippen LogP contribution < -0.4 is 16.4 Å². The molecule has 0 radical (unpaired) electrons. The number of hydrogen-bond acceptors (Lipinski definition) is 6. The predicted octanol–water partition coefficient (Wildman–Crippen LogP) is 1.33. The minimum Gasteiger partial charge on any atom is -0.459 e. The van der Waals surface area contributed by atoms with E-state index in [1.165, 1.54) is 24.3 Å². The number of carbonyl (C=O) groups is 3. The summed E-state index contributed by atoms with van der Waals surface area (Å²) in [6.07, 6.45) is 0.404. The van der Waals surface area contributed by atoms with Crippen LogP contribution in [0.25, 0.3) is 0 Å². The third-order valence-electron chi connectivity index (χ3n) is 5.57. The Hall–Kier alpha value is -4.57. The maximum atomic E-state index is 13.3. The lowest BCUT2D eigenvalue weighted by Gasteiger charge is -2.23. The van der Waals surface area contributed by atoms with E-state index in [1.807, 2.05) is 60.7 Å². The molecule has 3 aromatic rings. The van der Waals surface area contributed by atoms with E-state index in [4.69, 9.17) is 4.74 Å². The summed E-state index contributed by atoms with van der Waals surface area (Å²) in [6.45, 7) is -0.160. The van der Waals surface area contributed by atoms with Gasteiger partial charge in [0.15, 0.2) is 6.54 Å². The monoisotopic (exact) mass is 505 g/mol. The summed E-state index contributed by atoms with van der Waals surface area (Å²) in [7, 11) is 0. The van der Waals surface area contributed by atoms with Gasteiger partial charge in [-0.15, -0.1) is 0 Å². The lowest BCUT2D eigenvalue weighted by molar-refractivity contribution is -0.384. The van der Waals surface area contributed by atoms with E-state index in [0.717, 1.165) is 11.1 Å². The van der Waals surface area contributed by atoms with Gasteiger partial charge in [0.2, 0.25) is 5.91 Å². The van der Waals surface area contributed by atoms with E-state index in [2.05, 4.69) is 16.4 Å². The number of hydrogen-bond donors (Lipinski definition) is 3. The standard InChI is InChI=1S/C27H28N4O6/c28-17-25(32)29-23(15-19-7-3-1-4-8-19)26(33)30-24(16-20-9-5-2-6-10-20)27(34)37-18-21-11-13-22(14-12-21)31(35)36/h1-14,23-24H,15-18,28H2,(H,29,32)(H,30,33)/p+1/t23-,24-/m1/s1. The number of ether oxygens (including phenoxy) is 1. The lowest BCUT2D eigenvalue weighted by Crippen LogP contribution is -2.61. The number of quaternary nitrogens is 1. The van der Waals surface area contributed by atoms with Crippen LogP contribution in [-0.2, 0) is 38.6 Å². The molecule has 0 aliphatic rings. The molecule has 0 unspecified atom stereocenters. The number of nitrogens with zero attached hydrogens (tertiary/aromatic N) is 1. The van der Waals surface area contributed by atoms with Crippen molar-refractivity contribution in [2.45, 2.75) is 31.5 Å². The third-order valence-corrected chi connectivity index (χ3v) is 5.57. The van der Waals surface area contributed by atoms with Gasteiger partial charge in [0.1, 0.15) is 18.7 Å².